The maximum atomic E-state index is 12.7. The summed E-state index contributed by atoms with van der Waals surface area (Å²) in [5.74, 6) is 0.741. The van der Waals surface area contributed by atoms with Gasteiger partial charge in [-0.15, -0.1) is 11.3 Å². The van der Waals surface area contributed by atoms with Crippen LogP contribution in [0.5, 0.6) is 0 Å². The number of aromatic nitrogens is 2. The van der Waals surface area contributed by atoms with E-state index >= 15 is 0 Å². The smallest absolute Gasteiger partial charge is 0.246 e. The molecule has 0 spiro atoms. The normalized spacial score (nSPS) is 10.9. The average Bonchev–Trinajstić information content (AvgIpc) is 2.89. The highest BCUT2D eigenvalue weighted by Crippen LogP contribution is 2.32. The molecule has 1 N–H and O–H groups in total. The molecule has 0 aliphatic carbocycles. The molecule has 0 saturated carbocycles. The molecule has 5 nitrogen and oxygen atoms in total. The Bertz CT molecular complexity index is 919. The number of nitrogens with one attached hydrogen (secondary N) is 1. The lowest BCUT2D eigenvalue weighted by molar-refractivity contribution is -0.116. The summed E-state index contributed by atoms with van der Waals surface area (Å²) in [6.45, 7) is 8.97. The number of amides is 1. The van der Waals surface area contributed by atoms with Crippen LogP contribution in [0.25, 0.3) is 10.2 Å². The molecular formula is C19H22N4OS. The Labute approximate surface area is 151 Å². The van der Waals surface area contributed by atoms with Crippen molar-refractivity contribution in [2.45, 2.75) is 27.7 Å². The van der Waals surface area contributed by atoms with E-state index in [4.69, 9.17) is 0 Å². The van der Waals surface area contributed by atoms with Gasteiger partial charge in [0.2, 0.25) is 5.91 Å². The van der Waals surface area contributed by atoms with Crippen LogP contribution in [0.2, 0.25) is 0 Å². The van der Waals surface area contributed by atoms with Crippen LogP contribution in [0.3, 0.4) is 0 Å². The number of hydrogen-bond acceptors (Lipinski definition) is 5. The Balaban J connectivity index is 1.80. The number of anilines is 2. The van der Waals surface area contributed by atoms with E-state index in [2.05, 4.69) is 29.1 Å². The first-order valence-electron chi connectivity index (χ1n) is 8.33. The van der Waals surface area contributed by atoms with E-state index in [1.54, 1.807) is 22.6 Å². The fraction of sp³-hybridized carbons (Fsp3) is 0.316. The Hall–Kier alpha value is -2.47. The number of fused-ring (bicyclic) bond motifs is 1. The van der Waals surface area contributed by atoms with Gasteiger partial charge in [0, 0.05) is 17.1 Å². The first kappa shape index (κ1) is 17.4. The second kappa shape index (κ2) is 7.19. The summed E-state index contributed by atoms with van der Waals surface area (Å²) >= 11 is 1.65. The minimum atomic E-state index is 0.0180. The van der Waals surface area contributed by atoms with Crippen molar-refractivity contribution < 1.29 is 4.79 Å². The molecule has 2 heterocycles. The maximum absolute atomic E-state index is 12.7. The molecule has 0 saturated heterocycles. The molecule has 0 bridgehead atoms. The van der Waals surface area contributed by atoms with Crippen molar-refractivity contribution in [3.63, 3.8) is 0 Å². The third-order valence-electron chi connectivity index (χ3n) is 4.30. The minimum Gasteiger partial charge on any atom is -0.360 e. The number of carbonyl (C=O) groups excluding carboxylic acids is 1. The fourth-order valence-corrected chi connectivity index (χ4v) is 3.87. The van der Waals surface area contributed by atoms with Crippen molar-refractivity contribution >= 4 is 39.0 Å². The van der Waals surface area contributed by atoms with Crippen LogP contribution in [0.15, 0.2) is 30.6 Å². The van der Waals surface area contributed by atoms with Gasteiger partial charge in [0.1, 0.15) is 17.0 Å². The van der Waals surface area contributed by atoms with Gasteiger partial charge in [-0.1, -0.05) is 12.1 Å². The molecule has 3 rings (SSSR count). The summed E-state index contributed by atoms with van der Waals surface area (Å²) in [5, 5.41) is 4.22. The molecular weight excluding hydrogens is 332 g/mol. The molecule has 130 valence electrons. The number of aryl methyl sites for hydroxylation is 3. The van der Waals surface area contributed by atoms with Gasteiger partial charge >= 0.3 is 0 Å². The van der Waals surface area contributed by atoms with Gasteiger partial charge in [0.25, 0.3) is 0 Å². The van der Waals surface area contributed by atoms with Gasteiger partial charge in [-0.25, -0.2) is 9.97 Å². The zero-order valence-corrected chi connectivity index (χ0v) is 15.8. The summed E-state index contributed by atoms with van der Waals surface area (Å²) < 4.78 is 0. The van der Waals surface area contributed by atoms with Crippen LogP contribution in [-0.2, 0) is 4.79 Å². The SMILES string of the molecule is CCN(C(=O)CNc1ncnc2sc(C)c(C)c12)c1cccc(C)c1. The lowest BCUT2D eigenvalue weighted by atomic mass is 10.2. The second-order valence-electron chi connectivity index (χ2n) is 6.02. The van der Waals surface area contributed by atoms with Gasteiger partial charge in [-0.05, 0) is 51.0 Å². The van der Waals surface area contributed by atoms with E-state index in [9.17, 15) is 4.79 Å². The molecule has 0 aliphatic rings. The third kappa shape index (κ3) is 3.49. The summed E-state index contributed by atoms with van der Waals surface area (Å²) in [4.78, 5) is 25.3. The fourth-order valence-electron chi connectivity index (χ4n) is 2.87. The maximum Gasteiger partial charge on any atom is 0.246 e. The summed E-state index contributed by atoms with van der Waals surface area (Å²) in [6.07, 6.45) is 1.54. The molecule has 0 aliphatic heterocycles. The van der Waals surface area contributed by atoms with E-state index in [1.165, 1.54) is 10.4 Å². The van der Waals surface area contributed by atoms with Gasteiger partial charge in [-0.3, -0.25) is 4.79 Å². The molecule has 1 amide bonds. The quantitative estimate of drug-likeness (QED) is 0.750. The van der Waals surface area contributed by atoms with Crippen molar-refractivity contribution in [3.05, 3.63) is 46.6 Å². The van der Waals surface area contributed by atoms with E-state index in [0.717, 1.165) is 27.3 Å². The van der Waals surface area contributed by atoms with Crippen molar-refractivity contribution in [2.24, 2.45) is 0 Å². The number of nitrogens with zero attached hydrogens (tertiary/aromatic N) is 3. The molecule has 0 fully saturated rings. The standard InChI is InChI=1S/C19H22N4OS/c1-5-23(15-8-6-7-12(2)9-15)16(24)10-20-18-17-13(3)14(4)25-19(17)22-11-21-18/h6-9,11H,5,10H2,1-4H3,(H,20,21,22). The highest BCUT2D eigenvalue weighted by Gasteiger charge is 2.16. The van der Waals surface area contributed by atoms with Crippen molar-refractivity contribution in [1.29, 1.82) is 0 Å². The second-order valence-corrected chi connectivity index (χ2v) is 7.22. The zero-order valence-electron chi connectivity index (χ0n) is 15.0. The van der Waals surface area contributed by atoms with E-state index in [1.807, 2.05) is 38.1 Å². The van der Waals surface area contributed by atoms with Crippen LogP contribution in [0, 0.1) is 20.8 Å². The Morgan fingerprint density at radius 1 is 1.24 bits per heavy atom. The molecule has 1 aromatic carbocycles. The lowest BCUT2D eigenvalue weighted by Gasteiger charge is -2.22. The predicted octanol–water partition coefficient (Wildman–Crippen LogP) is 4.08. The average molecular weight is 354 g/mol. The van der Waals surface area contributed by atoms with Crippen LogP contribution in [0.4, 0.5) is 11.5 Å². The third-order valence-corrected chi connectivity index (χ3v) is 5.42. The summed E-state index contributed by atoms with van der Waals surface area (Å²) in [6, 6.07) is 7.99. The number of likely N-dealkylation sites (N-methyl/N-ethyl adjacent to an activating group) is 1. The van der Waals surface area contributed by atoms with Gasteiger partial charge in [0.15, 0.2) is 0 Å². The Kier molecular flexibility index (Phi) is 4.99. The highest BCUT2D eigenvalue weighted by molar-refractivity contribution is 7.18. The van der Waals surface area contributed by atoms with Crippen LogP contribution >= 0.6 is 11.3 Å². The number of hydrogen-bond donors (Lipinski definition) is 1. The topological polar surface area (TPSA) is 58.1 Å². The number of benzene rings is 1. The van der Waals surface area contributed by atoms with Crippen molar-refractivity contribution in [2.75, 3.05) is 23.3 Å². The molecule has 6 heteroatoms. The van der Waals surface area contributed by atoms with Crippen LogP contribution in [-0.4, -0.2) is 29.0 Å². The number of thiophene rings is 1. The lowest BCUT2D eigenvalue weighted by Crippen LogP contribution is -2.35. The molecule has 3 aromatic rings. The zero-order chi connectivity index (χ0) is 18.0. The molecule has 2 aromatic heterocycles. The van der Waals surface area contributed by atoms with Crippen LogP contribution < -0.4 is 10.2 Å². The van der Waals surface area contributed by atoms with E-state index < -0.39 is 0 Å². The number of carbonyl (C=O) groups is 1. The molecule has 0 radical (unpaired) electrons. The van der Waals surface area contributed by atoms with Gasteiger partial charge in [0.05, 0.1) is 11.9 Å². The van der Waals surface area contributed by atoms with E-state index in [-0.39, 0.29) is 12.5 Å². The van der Waals surface area contributed by atoms with Crippen molar-refractivity contribution in [3.8, 4) is 0 Å². The number of rotatable bonds is 5. The first-order chi connectivity index (χ1) is 12.0. The first-order valence-corrected chi connectivity index (χ1v) is 9.14. The molecule has 0 unspecified atom stereocenters. The Morgan fingerprint density at radius 3 is 2.76 bits per heavy atom. The minimum absolute atomic E-state index is 0.0180. The Morgan fingerprint density at radius 2 is 2.04 bits per heavy atom. The summed E-state index contributed by atoms with van der Waals surface area (Å²) in [7, 11) is 0. The highest BCUT2D eigenvalue weighted by atomic mass is 32.1. The van der Waals surface area contributed by atoms with Gasteiger partial charge < -0.3 is 10.2 Å². The monoisotopic (exact) mass is 354 g/mol. The largest absolute Gasteiger partial charge is 0.360 e. The molecule has 0 atom stereocenters. The van der Waals surface area contributed by atoms with Crippen molar-refractivity contribution in [1.82, 2.24) is 9.97 Å². The van der Waals surface area contributed by atoms with Gasteiger partial charge in [-0.2, -0.15) is 0 Å². The van der Waals surface area contributed by atoms with Crippen LogP contribution in [0.1, 0.15) is 22.9 Å². The predicted molar refractivity (Wildman–Crippen MR) is 105 cm³/mol. The molecule has 25 heavy (non-hydrogen) atoms. The summed E-state index contributed by atoms with van der Waals surface area (Å²) in [5.41, 5.74) is 3.23. The van der Waals surface area contributed by atoms with E-state index in [0.29, 0.717) is 6.54 Å².